The summed E-state index contributed by atoms with van der Waals surface area (Å²) >= 11 is 0. The molecule has 0 saturated heterocycles. The van der Waals surface area contributed by atoms with Gasteiger partial charge in [-0.15, -0.1) is 0 Å². The van der Waals surface area contributed by atoms with Crippen LogP contribution in [0.15, 0.2) is 17.1 Å². The molecule has 0 aliphatic carbocycles. The normalized spacial score (nSPS) is 9.44. The van der Waals surface area contributed by atoms with Crippen LogP contribution in [0.2, 0.25) is 0 Å². The maximum absolute atomic E-state index is 9.52. The van der Waals surface area contributed by atoms with Crippen LogP contribution in [0.3, 0.4) is 0 Å². The van der Waals surface area contributed by atoms with Crippen molar-refractivity contribution in [2.24, 2.45) is 4.99 Å². The van der Waals surface area contributed by atoms with Crippen LogP contribution in [0.5, 0.6) is 0 Å². The standard InChI is InChI=1S/C7H11NO/c1-2-3-4-5-6-8-7-9/h3-4H,2,5-6H2,1H3. The predicted molar refractivity (Wildman–Crippen MR) is 37.0 cm³/mol. The monoisotopic (exact) mass is 125 g/mol. The van der Waals surface area contributed by atoms with Gasteiger partial charge in [-0.1, -0.05) is 19.1 Å². The summed E-state index contributed by atoms with van der Waals surface area (Å²) in [5.74, 6) is 0. The van der Waals surface area contributed by atoms with Gasteiger partial charge in [-0.05, 0) is 12.8 Å². The number of aliphatic imine (C=N–C) groups is 1. The molecule has 0 fully saturated rings. The molecule has 0 amide bonds. The van der Waals surface area contributed by atoms with Gasteiger partial charge < -0.3 is 0 Å². The lowest BCUT2D eigenvalue weighted by Crippen LogP contribution is -1.73. The number of carbonyl (C=O) groups excluding carboxylic acids is 1. The molecule has 0 aliphatic heterocycles. The van der Waals surface area contributed by atoms with Gasteiger partial charge in [0.05, 0.1) is 6.54 Å². The highest BCUT2D eigenvalue weighted by Gasteiger charge is 1.73. The van der Waals surface area contributed by atoms with Gasteiger partial charge in [-0.2, -0.15) is 0 Å². The van der Waals surface area contributed by atoms with Crippen LogP contribution in [-0.4, -0.2) is 12.6 Å². The third-order valence-corrected chi connectivity index (χ3v) is 0.874. The van der Waals surface area contributed by atoms with Gasteiger partial charge in [0, 0.05) is 0 Å². The molecule has 2 heteroatoms. The summed E-state index contributed by atoms with van der Waals surface area (Å²) in [4.78, 5) is 12.9. The fraction of sp³-hybridized carbons (Fsp3) is 0.571. The molecule has 0 saturated carbocycles. The molecule has 0 radical (unpaired) electrons. The minimum Gasteiger partial charge on any atom is -0.211 e. The quantitative estimate of drug-likeness (QED) is 0.243. The number of hydrogen-bond acceptors (Lipinski definition) is 2. The Morgan fingerprint density at radius 3 is 2.89 bits per heavy atom. The molecule has 0 aromatic rings. The smallest absolute Gasteiger partial charge is 0.211 e. The lowest BCUT2D eigenvalue weighted by Gasteiger charge is -1.80. The minimum atomic E-state index is 0.569. The van der Waals surface area contributed by atoms with E-state index in [1.54, 1.807) is 0 Å². The third-order valence-electron chi connectivity index (χ3n) is 0.874. The van der Waals surface area contributed by atoms with Crippen molar-refractivity contribution in [3.8, 4) is 0 Å². The molecule has 0 bridgehead atoms. The number of rotatable bonds is 4. The first-order chi connectivity index (χ1) is 4.41. The molecule has 0 aromatic heterocycles. The zero-order chi connectivity index (χ0) is 6.95. The van der Waals surface area contributed by atoms with Crippen molar-refractivity contribution < 1.29 is 4.79 Å². The molecular weight excluding hydrogens is 114 g/mol. The Kier molecular flexibility index (Phi) is 6.42. The summed E-state index contributed by atoms with van der Waals surface area (Å²) in [5.41, 5.74) is 0. The highest BCUT2D eigenvalue weighted by Crippen LogP contribution is 1.85. The number of allylic oxidation sites excluding steroid dienone is 1. The fourth-order valence-electron chi connectivity index (χ4n) is 0.469. The zero-order valence-electron chi connectivity index (χ0n) is 5.63. The maximum Gasteiger partial charge on any atom is 0.234 e. The van der Waals surface area contributed by atoms with E-state index in [0.717, 1.165) is 12.8 Å². The van der Waals surface area contributed by atoms with Crippen molar-refractivity contribution >= 4 is 6.08 Å². The van der Waals surface area contributed by atoms with Crippen molar-refractivity contribution in [3.05, 3.63) is 12.2 Å². The topological polar surface area (TPSA) is 29.4 Å². The zero-order valence-corrected chi connectivity index (χ0v) is 5.63. The first kappa shape index (κ1) is 8.12. The van der Waals surface area contributed by atoms with E-state index in [9.17, 15) is 4.79 Å². The predicted octanol–water partition coefficient (Wildman–Crippen LogP) is 1.68. The van der Waals surface area contributed by atoms with Gasteiger partial charge in [-0.25, -0.2) is 9.79 Å². The summed E-state index contributed by atoms with van der Waals surface area (Å²) in [7, 11) is 0. The summed E-state index contributed by atoms with van der Waals surface area (Å²) in [6.45, 7) is 2.64. The highest BCUT2D eigenvalue weighted by atomic mass is 16.1. The van der Waals surface area contributed by atoms with Gasteiger partial charge in [0.25, 0.3) is 0 Å². The van der Waals surface area contributed by atoms with Crippen LogP contribution < -0.4 is 0 Å². The van der Waals surface area contributed by atoms with Gasteiger partial charge in [-0.3, -0.25) is 0 Å². The van der Waals surface area contributed by atoms with E-state index in [0.29, 0.717) is 6.54 Å². The number of nitrogens with zero attached hydrogens (tertiary/aromatic N) is 1. The minimum absolute atomic E-state index is 0.569. The van der Waals surface area contributed by atoms with Crippen molar-refractivity contribution in [1.29, 1.82) is 0 Å². The molecule has 0 unspecified atom stereocenters. The Bertz CT molecular complexity index is 123. The summed E-state index contributed by atoms with van der Waals surface area (Å²) in [6, 6.07) is 0. The third kappa shape index (κ3) is 7.12. The van der Waals surface area contributed by atoms with Crippen LogP contribution >= 0.6 is 0 Å². The summed E-state index contributed by atoms with van der Waals surface area (Å²) < 4.78 is 0. The van der Waals surface area contributed by atoms with Gasteiger partial charge >= 0.3 is 0 Å². The fourth-order valence-corrected chi connectivity index (χ4v) is 0.469. The van der Waals surface area contributed by atoms with Crippen molar-refractivity contribution in [3.63, 3.8) is 0 Å². The van der Waals surface area contributed by atoms with Crippen LogP contribution in [0, 0.1) is 0 Å². The molecule has 9 heavy (non-hydrogen) atoms. The average Bonchev–Trinajstić information content (AvgIpc) is 1.89. The summed E-state index contributed by atoms with van der Waals surface area (Å²) in [5, 5.41) is 0. The Labute approximate surface area is 55.3 Å². The molecule has 0 spiro atoms. The Hall–Kier alpha value is -0.880. The number of hydrogen-bond donors (Lipinski definition) is 0. The maximum atomic E-state index is 9.52. The van der Waals surface area contributed by atoms with Gasteiger partial charge in [0.1, 0.15) is 0 Å². The van der Waals surface area contributed by atoms with Gasteiger partial charge in [0.2, 0.25) is 6.08 Å². The SMILES string of the molecule is CCC=CCCN=C=O. The molecule has 0 N–H and O–H groups in total. The molecule has 50 valence electrons. The highest BCUT2D eigenvalue weighted by molar-refractivity contribution is 5.32. The van der Waals surface area contributed by atoms with Gasteiger partial charge in [0.15, 0.2) is 0 Å². The van der Waals surface area contributed by atoms with Crippen LogP contribution in [0.25, 0.3) is 0 Å². The number of isocyanates is 1. The van der Waals surface area contributed by atoms with Crippen molar-refractivity contribution in [2.45, 2.75) is 19.8 Å². The van der Waals surface area contributed by atoms with Crippen molar-refractivity contribution in [1.82, 2.24) is 0 Å². The first-order valence-corrected chi connectivity index (χ1v) is 3.10. The Morgan fingerprint density at radius 2 is 2.33 bits per heavy atom. The van der Waals surface area contributed by atoms with E-state index in [1.807, 2.05) is 6.08 Å². The largest absolute Gasteiger partial charge is 0.234 e. The Morgan fingerprint density at radius 1 is 1.56 bits per heavy atom. The molecule has 0 rings (SSSR count). The summed E-state index contributed by atoms with van der Waals surface area (Å²) in [6.07, 6.45) is 7.45. The van der Waals surface area contributed by atoms with Crippen molar-refractivity contribution in [2.75, 3.05) is 6.54 Å². The Balaban J connectivity index is 3.08. The van der Waals surface area contributed by atoms with E-state index in [4.69, 9.17) is 0 Å². The molecule has 0 aromatic carbocycles. The van der Waals surface area contributed by atoms with Crippen LogP contribution in [0.4, 0.5) is 0 Å². The second-order valence-corrected chi connectivity index (χ2v) is 1.64. The molecule has 2 nitrogen and oxygen atoms in total. The van der Waals surface area contributed by atoms with Crippen LogP contribution in [0.1, 0.15) is 19.8 Å². The van der Waals surface area contributed by atoms with E-state index in [1.165, 1.54) is 6.08 Å². The lowest BCUT2D eigenvalue weighted by molar-refractivity contribution is 0.563. The molecular formula is C7H11NO. The molecule has 0 aliphatic rings. The molecule has 0 heterocycles. The van der Waals surface area contributed by atoms with E-state index < -0.39 is 0 Å². The van der Waals surface area contributed by atoms with Crippen LogP contribution in [-0.2, 0) is 4.79 Å². The van der Waals surface area contributed by atoms with E-state index in [-0.39, 0.29) is 0 Å². The average molecular weight is 125 g/mol. The van der Waals surface area contributed by atoms with E-state index in [2.05, 4.69) is 18.0 Å². The second kappa shape index (κ2) is 7.12. The first-order valence-electron chi connectivity index (χ1n) is 3.10. The molecule has 0 atom stereocenters. The second-order valence-electron chi connectivity index (χ2n) is 1.64. The van der Waals surface area contributed by atoms with E-state index >= 15 is 0 Å². The lowest BCUT2D eigenvalue weighted by atomic mass is 10.3.